The Bertz CT molecular complexity index is 456. The molecular weight excluding hydrogens is 234 g/mol. The number of aliphatic hydroxyl groups excluding tert-OH is 1. The van der Waals surface area contributed by atoms with Crippen LogP contribution in [0.5, 0.6) is 0 Å². The minimum absolute atomic E-state index is 0.307. The SMILES string of the molecule is Nc1cccc(C(O)C2C3CC4CC(C3)CC2C4)c1. The van der Waals surface area contributed by atoms with Crippen LogP contribution in [0.4, 0.5) is 5.69 Å². The van der Waals surface area contributed by atoms with Gasteiger partial charge in [0.15, 0.2) is 0 Å². The number of benzene rings is 1. The zero-order valence-corrected chi connectivity index (χ0v) is 11.3. The van der Waals surface area contributed by atoms with Gasteiger partial charge in [0.05, 0.1) is 6.10 Å². The van der Waals surface area contributed by atoms with Gasteiger partial charge in [0.2, 0.25) is 0 Å². The highest BCUT2D eigenvalue weighted by atomic mass is 16.3. The van der Waals surface area contributed by atoms with Gasteiger partial charge in [-0.3, -0.25) is 0 Å². The molecule has 4 fully saturated rings. The van der Waals surface area contributed by atoms with Crippen molar-refractivity contribution in [3.05, 3.63) is 29.8 Å². The Morgan fingerprint density at radius 2 is 1.63 bits per heavy atom. The maximum Gasteiger partial charge on any atom is 0.0824 e. The standard InChI is InChI=1S/C17H23NO/c18-15-3-1-2-12(9-15)17(19)16-13-5-10-4-11(7-13)8-14(16)6-10/h1-3,9-11,13-14,16-17,19H,4-8,18H2. The van der Waals surface area contributed by atoms with Crippen molar-refractivity contribution >= 4 is 5.69 Å². The topological polar surface area (TPSA) is 46.2 Å². The van der Waals surface area contributed by atoms with Gasteiger partial charge in [-0.25, -0.2) is 0 Å². The third-order valence-corrected chi connectivity index (χ3v) is 5.92. The van der Waals surface area contributed by atoms with Gasteiger partial charge < -0.3 is 10.8 Å². The van der Waals surface area contributed by atoms with Crippen LogP contribution in [0.15, 0.2) is 24.3 Å². The van der Waals surface area contributed by atoms with Crippen molar-refractivity contribution in [1.29, 1.82) is 0 Å². The van der Waals surface area contributed by atoms with Gasteiger partial charge in [-0.15, -0.1) is 0 Å². The predicted octanol–water partition coefficient (Wildman–Crippen LogP) is 3.37. The summed E-state index contributed by atoms with van der Waals surface area (Å²) in [5.41, 5.74) is 7.65. The van der Waals surface area contributed by atoms with Crippen molar-refractivity contribution in [2.45, 2.75) is 38.2 Å². The average Bonchev–Trinajstić information content (AvgIpc) is 2.37. The van der Waals surface area contributed by atoms with Gasteiger partial charge in [-0.1, -0.05) is 12.1 Å². The summed E-state index contributed by atoms with van der Waals surface area (Å²) in [6.45, 7) is 0. The predicted molar refractivity (Wildman–Crippen MR) is 76.3 cm³/mol. The maximum absolute atomic E-state index is 10.8. The monoisotopic (exact) mass is 257 g/mol. The first-order valence-electron chi connectivity index (χ1n) is 7.74. The number of rotatable bonds is 2. The van der Waals surface area contributed by atoms with Gasteiger partial charge in [-0.2, -0.15) is 0 Å². The summed E-state index contributed by atoms with van der Waals surface area (Å²) in [4.78, 5) is 0. The Balaban J connectivity index is 1.62. The molecule has 102 valence electrons. The molecule has 0 aromatic heterocycles. The molecule has 1 atom stereocenters. The summed E-state index contributed by atoms with van der Waals surface area (Å²) in [5, 5.41) is 10.8. The molecule has 1 unspecified atom stereocenters. The highest BCUT2D eigenvalue weighted by Gasteiger charge is 2.50. The van der Waals surface area contributed by atoms with Crippen molar-refractivity contribution in [2.24, 2.45) is 29.6 Å². The van der Waals surface area contributed by atoms with Crippen LogP contribution in [0.2, 0.25) is 0 Å². The average molecular weight is 257 g/mol. The van der Waals surface area contributed by atoms with E-state index in [-0.39, 0.29) is 6.10 Å². The van der Waals surface area contributed by atoms with E-state index in [2.05, 4.69) is 0 Å². The molecule has 0 spiro atoms. The molecular formula is C17H23NO. The summed E-state index contributed by atoms with van der Waals surface area (Å²) >= 11 is 0. The van der Waals surface area contributed by atoms with Gasteiger partial charge in [0.1, 0.15) is 0 Å². The number of nitrogen functional groups attached to an aromatic ring is 1. The van der Waals surface area contributed by atoms with Crippen LogP contribution in [0.1, 0.15) is 43.8 Å². The normalized spacial score (nSPS) is 41.4. The van der Waals surface area contributed by atoms with Crippen molar-refractivity contribution in [2.75, 3.05) is 5.73 Å². The molecule has 0 radical (unpaired) electrons. The fourth-order valence-electron chi connectivity index (χ4n) is 5.45. The summed E-state index contributed by atoms with van der Waals surface area (Å²) in [6.07, 6.45) is 6.59. The van der Waals surface area contributed by atoms with Crippen molar-refractivity contribution in [3.8, 4) is 0 Å². The van der Waals surface area contributed by atoms with E-state index in [0.717, 1.165) is 34.9 Å². The molecule has 4 saturated carbocycles. The molecule has 1 aromatic rings. The quantitative estimate of drug-likeness (QED) is 0.798. The molecule has 3 N–H and O–H groups in total. The van der Waals surface area contributed by atoms with E-state index < -0.39 is 0 Å². The zero-order chi connectivity index (χ0) is 13.0. The smallest absolute Gasteiger partial charge is 0.0824 e. The maximum atomic E-state index is 10.8. The molecule has 0 saturated heterocycles. The fraction of sp³-hybridized carbons (Fsp3) is 0.647. The lowest BCUT2D eigenvalue weighted by atomic mass is 9.50. The molecule has 4 aliphatic carbocycles. The van der Waals surface area contributed by atoms with Gasteiger partial charge >= 0.3 is 0 Å². The third-order valence-electron chi connectivity index (χ3n) is 5.92. The van der Waals surface area contributed by atoms with E-state index in [0.29, 0.717) is 5.92 Å². The molecule has 2 nitrogen and oxygen atoms in total. The lowest BCUT2D eigenvalue weighted by molar-refractivity contribution is -0.0907. The molecule has 5 rings (SSSR count). The second-order valence-electron chi connectivity index (χ2n) is 7.12. The van der Waals surface area contributed by atoms with Crippen LogP contribution in [0.25, 0.3) is 0 Å². The van der Waals surface area contributed by atoms with E-state index >= 15 is 0 Å². The van der Waals surface area contributed by atoms with Gasteiger partial charge in [0.25, 0.3) is 0 Å². The van der Waals surface area contributed by atoms with Crippen molar-refractivity contribution in [1.82, 2.24) is 0 Å². The van der Waals surface area contributed by atoms with Crippen LogP contribution >= 0.6 is 0 Å². The summed E-state index contributed by atoms with van der Waals surface area (Å²) in [5.74, 6) is 3.92. The highest BCUT2D eigenvalue weighted by molar-refractivity contribution is 5.41. The number of hydrogen-bond acceptors (Lipinski definition) is 2. The Labute approximate surface area is 115 Å². The molecule has 0 heterocycles. The first kappa shape index (κ1) is 11.8. The van der Waals surface area contributed by atoms with E-state index in [1.54, 1.807) is 0 Å². The van der Waals surface area contributed by atoms with Crippen LogP contribution in [0.3, 0.4) is 0 Å². The van der Waals surface area contributed by atoms with Crippen molar-refractivity contribution < 1.29 is 5.11 Å². The van der Waals surface area contributed by atoms with E-state index in [1.807, 2.05) is 24.3 Å². The minimum Gasteiger partial charge on any atom is -0.399 e. The molecule has 4 bridgehead atoms. The largest absolute Gasteiger partial charge is 0.399 e. The molecule has 0 aliphatic heterocycles. The van der Waals surface area contributed by atoms with Crippen LogP contribution < -0.4 is 5.73 Å². The van der Waals surface area contributed by atoms with E-state index in [4.69, 9.17) is 5.73 Å². The molecule has 19 heavy (non-hydrogen) atoms. The number of aliphatic hydroxyl groups is 1. The van der Waals surface area contributed by atoms with Gasteiger partial charge in [0, 0.05) is 5.69 Å². The highest BCUT2D eigenvalue weighted by Crippen LogP contribution is 2.59. The van der Waals surface area contributed by atoms with Crippen molar-refractivity contribution in [3.63, 3.8) is 0 Å². The second-order valence-corrected chi connectivity index (χ2v) is 7.12. The Hall–Kier alpha value is -1.02. The van der Waals surface area contributed by atoms with Crippen LogP contribution in [0, 0.1) is 29.6 Å². The third kappa shape index (κ3) is 1.88. The second kappa shape index (κ2) is 4.24. The molecule has 4 aliphatic rings. The first-order chi connectivity index (χ1) is 9.20. The van der Waals surface area contributed by atoms with Crippen LogP contribution in [-0.4, -0.2) is 5.11 Å². The fourth-order valence-corrected chi connectivity index (χ4v) is 5.45. The minimum atomic E-state index is -0.307. The van der Waals surface area contributed by atoms with E-state index in [9.17, 15) is 5.11 Å². The van der Waals surface area contributed by atoms with Crippen LogP contribution in [-0.2, 0) is 0 Å². The number of hydrogen-bond donors (Lipinski definition) is 2. The van der Waals surface area contributed by atoms with E-state index in [1.165, 1.54) is 32.1 Å². The Morgan fingerprint density at radius 3 is 2.21 bits per heavy atom. The molecule has 2 heteroatoms. The molecule has 0 amide bonds. The molecule has 1 aromatic carbocycles. The summed E-state index contributed by atoms with van der Waals surface area (Å²) in [7, 11) is 0. The summed E-state index contributed by atoms with van der Waals surface area (Å²) in [6, 6.07) is 7.85. The Kier molecular flexibility index (Phi) is 2.63. The lowest BCUT2D eigenvalue weighted by Gasteiger charge is -2.55. The Morgan fingerprint density at radius 1 is 1.00 bits per heavy atom. The number of nitrogens with two attached hydrogens (primary N) is 1. The zero-order valence-electron chi connectivity index (χ0n) is 11.3. The lowest BCUT2D eigenvalue weighted by Crippen LogP contribution is -2.47. The van der Waals surface area contributed by atoms with Gasteiger partial charge in [-0.05, 0) is 79.4 Å². The number of anilines is 1. The summed E-state index contributed by atoms with van der Waals surface area (Å²) < 4.78 is 0. The first-order valence-corrected chi connectivity index (χ1v) is 7.74.